The number of nitrogens with zero attached hydrogens (tertiary/aromatic N) is 2. The molecule has 1 saturated heterocycles. The largest absolute Gasteiger partial charge is 0.493 e. The highest BCUT2D eigenvalue weighted by Gasteiger charge is 2.32. The molecule has 0 spiro atoms. The van der Waals surface area contributed by atoms with Crippen LogP contribution < -0.4 is 10.1 Å². The van der Waals surface area contributed by atoms with Crippen LogP contribution in [0.1, 0.15) is 23.2 Å². The number of amides is 1. The van der Waals surface area contributed by atoms with Crippen molar-refractivity contribution in [2.75, 3.05) is 52.7 Å². The number of piperazine rings is 1. The number of sulfonamides is 1. The van der Waals surface area contributed by atoms with Gasteiger partial charge in [-0.1, -0.05) is 0 Å². The van der Waals surface area contributed by atoms with Gasteiger partial charge in [0, 0.05) is 38.3 Å². The second-order valence-corrected chi connectivity index (χ2v) is 9.71. The number of hydrogen-bond acceptors (Lipinski definition) is 7. The Morgan fingerprint density at radius 3 is 2.30 bits per heavy atom. The topological polar surface area (TPSA) is 105 Å². The normalized spacial score (nSPS) is 19.1. The lowest BCUT2D eigenvalue weighted by molar-refractivity contribution is -0.147. The van der Waals surface area contributed by atoms with Crippen LogP contribution in [0.4, 0.5) is 0 Å². The van der Waals surface area contributed by atoms with Crippen molar-refractivity contribution in [1.82, 2.24) is 14.5 Å². The number of nitrogens with one attached hydrogen (secondary N) is 1. The van der Waals surface area contributed by atoms with Gasteiger partial charge < -0.3 is 14.8 Å². The van der Waals surface area contributed by atoms with E-state index >= 15 is 0 Å². The van der Waals surface area contributed by atoms with Gasteiger partial charge in [0.25, 0.3) is 5.91 Å². The van der Waals surface area contributed by atoms with Crippen molar-refractivity contribution >= 4 is 21.9 Å². The summed E-state index contributed by atoms with van der Waals surface area (Å²) in [5.41, 5.74) is 0.472. The smallest absolute Gasteiger partial charge is 0.324 e. The Balaban J connectivity index is 1.53. The lowest BCUT2D eigenvalue weighted by Gasteiger charge is -2.37. The molecular formula is C20H29N3O6S. The summed E-state index contributed by atoms with van der Waals surface area (Å²) in [6.07, 6.45) is 3.60. The number of hydrogen-bond donors (Lipinski definition) is 1. The Labute approximate surface area is 177 Å². The molecule has 1 heterocycles. The summed E-state index contributed by atoms with van der Waals surface area (Å²) in [6.45, 7) is 2.14. The number of esters is 1. The molecule has 1 saturated carbocycles. The lowest BCUT2D eigenvalue weighted by atomic mass is 10.1. The van der Waals surface area contributed by atoms with Crippen LogP contribution in [0, 0.1) is 5.92 Å². The first-order valence-corrected chi connectivity index (χ1v) is 11.9. The highest BCUT2D eigenvalue weighted by atomic mass is 32.2. The maximum Gasteiger partial charge on any atom is 0.324 e. The van der Waals surface area contributed by atoms with Crippen LogP contribution in [0.5, 0.6) is 5.75 Å². The number of carbonyl (C=O) groups excluding carboxylic acids is 2. The van der Waals surface area contributed by atoms with Gasteiger partial charge >= 0.3 is 5.97 Å². The Bertz CT molecular complexity index is 846. The molecule has 1 N–H and O–H groups in total. The average molecular weight is 440 g/mol. The Hall–Kier alpha value is -2.17. The summed E-state index contributed by atoms with van der Waals surface area (Å²) in [4.78, 5) is 26.6. The van der Waals surface area contributed by atoms with Gasteiger partial charge in [-0.2, -0.15) is 4.31 Å². The van der Waals surface area contributed by atoms with E-state index in [0.29, 0.717) is 44.3 Å². The van der Waals surface area contributed by atoms with Gasteiger partial charge in [0.1, 0.15) is 11.8 Å². The molecule has 166 valence electrons. The molecule has 3 rings (SSSR count). The molecular weight excluding hydrogens is 410 g/mol. The molecule has 1 aromatic carbocycles. The predicted octanol–water partition coefficient (Wildman–Crippen LogP) is 0.324. The van der Waals surface area contributed by atoms with E-state index in [4.69, 9.17) is 9.47 Å². The second kappa shape index (κ2) is 9.76. The van der Waals surface area contributed by atoms with Crippen molar-refractivity contribution in [3.8, 4) is 5.75 Å². The van der Waals surface area contributed by atoms with E-state index in [1.807, 2.05) is 4.90 Å². The minimum Gasteiger partial charge on any atom is -0.493 e. The van der Waals surface area contributed by atoms with E-state index < -0.39 is 22.0 Å². The van der Waals surface area contributed by atoms with Crippen molar-refractivity contribution in [3.63, 3.8) is 0 Å². The summed E-state index contributed by atoms with van der Waals surface area (Å²) in [5, 5.41) is 2.78. The summed E-state index contributed by atoms with van der Waals surface area (Å²) in [7, 11) is -1.97. The Morgan fingerprint density at radius 1 is 1.13 bits per heavy atom. The second-order valence-electron chi connectivity index (χ2n) is 7.73. The first-order chi connectivity index (χ1) is 14.3. The molecule has 1 aliphatic heterocycles. The maximum absolute atomic E-state index is 12.5. The standard InChI is InChI=1S/C20H29N3O6S/c1-28-20(25)18(22-9-11-23(12-10-22)30(2,26)27)13-21-19(24)16-5-7-17(8-6-16)29-14-15-3-4-15/h5-8,15,18H,3-4,9-14H2,1-2H3,(H,21,24)/t18-/m0/s1. The molecule has 2 fully saturated rings. The third kappa shape index (κ3) is 6.16. The van der Waals surface area contributed by atoms with Crippen LogP contribution in [0.25, 0.3) is 0 Å². The van der Waals surface area contributed by atoms with Gasteiger partial charge in [-0.15, -0.1) is 0 Å². The van der Waals surface area contributed by atoms with Gasteiger partial charge in [0.15, 0.2) is 0 Å². The van der Waals surface area contributed by atoms with Crippen LogP contribution >= 0.6 is 0 Å². The van der Waals surface area contributed by atoms with E-state index in [2.05, 4.69) is 5.32 Å². The van der Waals surface area contributed by atoms with Crippen molar-refractivity contribution in [3.05, 3.63) is 29.8 Å². The van der Waals surface area contributed by atoms with Crippen LogP contribution in [0.3, 0.4) is 0 Å². The highest BCUT2D eigenvalue weighted by Crippen LogP contribution is 2.29. The molecule has 30 heavy (non-hydrogen) atoms. The summed E-state index contributed by atoms with van der Waals surface area (Å²) < 4.78 is 35.3. The fraction of sp³-hybridized carbons (Fsp3) is 0.600. The van der Waals surface area contributed by atoms with Crippen molar-refractivity contribution < 1.29 is 27.5 Å². The van der Waals surface area contributed by atoms with E-state index in [0.717, 1.165) is 5.75 Å². The number of ether oxygens (including phenoxy) is 2. The van der Waals surface area contributed by atoms with Crippen molar-refractivity contribution in [2.45, 2.75) is 18.9 Å². The van der Waals surface area contributed by atoms with Crippen LogP contribution in [0.2, 0.25) is 0 Å². The third-order valence-electron chi connectivity index (χ3n) is 5.41. The quantitative estimate of drug-likeness (QED) is 0.553. The molecule has 0 bridgehead atoms. The molecule has 10 heteroatoms. The van der Waals surface area contributed by atoms with Crippen molar-refractivity contribution in [2.24, 2.45) is 5.92 Å². The van der Waals surface area contributed by atoms with E-state index in [1.54, 1.807) is 24.3 Å². The number of methoxy groups -OCH3 is 1. The molecule has 2 aliphatic rings. The zero-order chi connectivity index (χ0) is 21.7. The first-order valence-electron chi connectivity index (χ1n) is 10.1. The van der Waals surface area contributed by atoms with Gasteiger partial charge in [-0.3, -0.25) is 14.5 Å². The van der Waals surface area contributed by atoms with Crippen LogP contribution in [-0.2, 0) is 19.6 Å². The predicted molar refractivity (Wildman–Crippen MR) is 111 cm³/mol. The number of rotatable bonds is 9. The zero-order valence-electron chi connectivity index (χ0n) is 17.4. The van der Waals surface area contributed by atoms with Gasteiger partial charge in [-0.05, 0) is 43.0 Å². The molecule has 0 radical (unpaired) electrons. The molecule has 1 amide bonds. The Kier molecular flexibility index (Phi) is 7.32. The molecule has 0 unspecified atom stereocenters. The molecule has 0 aromatic heterocycles. The minimum absolute atomic E-state index is 0.0737. The van der Waals surface area contributed by atoms with E-state index in [-0.39, 0.29) is 12.5 Å². The Morgan fingerprint density at radius 2 is 1.77 bits per heavy atom. The van der Waals surface area contributed by atoms with E-state index in [1.165, 1.54) is 30.5 Å². The highest BCUT2D eigenvalue weighted by molar-refractivity contribution is 7.88. The summed E-state index contributed by atoms with van der Waals surface area (Å²) >= 11 is 0. The molecule has 1 atom stereocenters. The maximum atomic E-state index is 12.5. The number of carbonyl (C=O) groups is 2. The SMILES string of the molecule is COC(=O)[C@H](CNC(=O)c1ccc(OCC2CC2)cc1)N1CCN(S(C)(=O)=O)CC1. The van der Waals surface area contributed by atoms with Gasteiger partial charge in [0.05, 0.1) is 20.0 Å². The van der Waals surface area contributed by atoms with Gasteiger partial charge in [0.2, 0.25) is 10.0 Å². The fourth-order valence-electron chi connectivity index (χ4n) is 3.34. The van der Waals surface area contributed by atoms with E-state index in [9.17, 15) is 18.0 Å². The summed E-state index contributed by atoms with van der Waals surface area (Å²) in [5.74, 6) is 0.622. The van der Waals surface area contributed by atoms with Gasteiger partial charge in [-0.25, -0.2) is 8.42 Å². The monoisotopic (exact) mass is 439 g/mol. The molecule has 1 aromatic rings. The first kappa shape index (κ1) is 22.5. The zero-order valence-corrected chi connectivity index (χ0v) is 18.2. The molecule has 9 nitrogen and oxygen atoms in total. The third-order valence-corrected chi connectivity index (χ3v) is 6.71. The van der Waals surface area contributed by atoms with Crippen LogP contribution in [0.15, 0.2) is 24.3 Å². The molecule has 1 aliphatic carbocycles. The fourth-order valence-corrected chi connectivity index (χ4v) is 4.16. The minimum atomic E-state index is -3.26. The van der Waals surface area contributed by atoms with Crippen molar-refractivity contribution in [1.29, 1.82) is 0 Å². The lowest BCUT2D eigenvalue weighted by Crippen LogP contribution is -2.57. The average Bonchev–Trinajstić information content (AvgIpc) is 3.56. The number of benzene rings is 1. The van der Waals surface area contributed by atoms with Crippen LogP contribution in [-0.4, -0.2) is 88.2 Å². The summed E-state index contributed by atoms with van der Waals surface area (Å²) in [6, 6.07) is 6.23.